The number of hydrogen-bond donors (Lipinski definition) is 0. The Morgan fingerprint density at radius 1 is 1.28 bits per heavy atom. The van der Waals surface area contributed by atoms with Crippen molar-refractivity contribution in [1.29, 1.82) is 0 Å². The number of halogens is 1. The largest absolute Gasteiger partial charge is 0.272 e. The average Bonchev–Trinajstić information content (AvgIpc) is 2.78. The van der Waals surface area contributed by atoms with Crippen LogP contribution < -0.4 is 0 Å². The highest BCUT2D eigenvalue weighted by Crippen LogP contribution is 2.22. The van der Waals surface area contributed by atoms with E-state index >= 15 is 0 Å². The van der Waals surface area contributed by atoms with Gasteiger partial charge in [0.05, 0.1) is 11.8 Å². The van der Waals surface area contributed by atoms with E-state index in [0.29, 0.717) is 11.0 Å². The van der Waals surface area contributed by atoms with Gasteiger partial charge in [-0.05, 0) is 19.8 Å². The maximum Gasteiger partial charge on any atom is 0.164 e. The van der Waals surface area contributed by atoms with E-state index in [4.69, 9.17) is 11.6 Å². The highest BCUT2D eigenvalue weighted by Gasteiger charge is 2.11. The first-order valence-electron chi connectivity index (χ1n) is 6.21. The fourth-order valence-electron chi connectivity index (χ4n) is 1.92. The second-order valence-corrected chi connectivity index (χ2v) is 4.61. The smallest absolute Gasteiger partial charge is 0.164 e. The molecule has 0 aliphatic rings. The fraction of sp³-hybridized carbons (Fsp3) is 0.462. The van der Waals surface area contributed by atoms with Gasteiger partial charge < -0.3 is 0 Å². The maximum atomic E-state index is 6.17. The fourth-order valence-corrected chi connectivity index (χ4v) is 2.27. The number of nitrogens with zero attached hydrogens (tertiary/aromatic N) is 4. The van der Waals surface area contributed by atoms with Crippen molar-refractivity contribution in [3.8, 4) is 11.4 Å². The van der Waals surface area contributed by atoms with Gasteiger partial charge in [0.15, 0.2) is 5.82 Å². The summed E-state index contributed by atoms with van der Waals surface area (Å²) in [4.78, 5) is 8.85. The Labute approximate surface area is 112 Å². The van der Waals surface area contributed by atoms with E-state index in [2.05, 4.69) is 28.9 Å². The minimum atomic E-state index is 0.545. The number of aromatic nitrogens is 4. The van der Waals surface area contributed by atoms with Gasteiger partial charge in [-0.15, -0.1) is 0 Å². The van der Waals surface area contributed by atoms with Crippen LogP contribution in [0.15, 0.2) is 12.4 Å². The van der Waals surface area contributed by atoms with Crippen molar-refractivity contribution in [3.05, 3.63) is 28.8 Å². The third-order valence-corrected chi connectivity index (χ3v) is 3.17. The molecule has 2 rings (SSSR count). The molecule has 4 nitrogen and oxygen atoms in total. The van der Waals surface area contributed by atoms with E-state index < -0.39 is 0 Å². The summed E-state index contributed by atoms with van der Waals surface area (Å²) in [5.74, 6) is 0.650. The molecule has 5 heteroatoms. The van der Waals surface area contributed by atoms with E-state index in [9.17, 15) is 0 Å². The van der Waals surface area contributed by atoms with Gasteiger partial charge in [0.2, 0.25) is 0 Å². The van der Waals surface area contributed by atoms with Crippen LogP contribution in [0.5, 0.6) is 0 Å². The first-order chi connectivity index (χ1) is 8.65. The summed E-state index contributed by atoms with van der Waals surface area (Å²) in [5.41, 5.74) is 2.87. The maximum absolute atomic E-state index is 6.17. The second-order valence-electron chi connectivity index (χ2n) is 4.25. The van der Waals surface area contributed by atoms with Gasteiger partial charge in [0.25, 0.3) is 0 Å². The Balaban J connectivity index is 2.38. The lowest BCUT2D eigenvalue weighted by Gasteiger charge is -2.06. The van der Waals surface area contributed by atoms with Crippen LogP contribution in [0.25, 0.3) is 11.4 Å². The number of hydrogen-bond acceptors (Lipinski definition) is 3. The van der Waals surface area contributed by atoms with Gasteiger partial charge in [-0.1, -0.05) is 25.4 Å². The van der Waals surface area contributed by atoms with Crippen LogP contribution in [-0.2, 0) is 13.0 Å². The van der Waals surface area contributed by atoms with E-state index in [0.717, 1.165) is 36.2 Å². The van der Waals surface area contributed by atoms with Crippen molar-refractivity contribution in [1.82, 2.24) is 19.7 Å². The Hall–Kier alpha value is -1.42. The van der Waals surface area contributed by atoms with Gasteiger partial charge >= 0.3 is 0 Å². The van der Waals surface area contributed by atoms with Crippen LogP contribution in [0, 0.1) is 6.92 Å². The van der Waals surface area contributed by atoms with Crippen molar-refractivity contribution in [2.45, 2.75) is 40.2 Å². The van der Waals surface area contributed by atoms with Crippen LogP contribution in [0.2, 0.25) is 5.15 Å². The van der Waals surface area contributed by atoms with E-state index in [1.807, 2.05) is 17.8 Å². The van der Waals surface area contributed by atoms with Crippen molar-refractivity contribution >= 4 is 11.6 Å². The third-order valence-electron chi connectivity index (χ3n) is 2.86. The Morgan fingerprint density at radius 3 is 2.67 bits per heavy atom. The summed E-state index contributed by atoms with van der Waals surface area (Å²) >= 11 is 6.17. The molecule has 18 heavy (non-hydrogen) atoms. The van der Waals surface area contributed by atoms with Gasteiger partial charge in [-0.25, -0.2) is 9.97 Å². The summed E-state index contributed by atoms with van der Waals surface area (Å²) in [6, 6.07) is 0. The number of rotatable bonds is 4. The topological polar surface area (TPSA) is 43.6 Å². The summed E-state index contributed by atoms with van der Waals surface area (Å²) in [6.45, 7) is 7.04. The third kappa shape index (κ3) is 2.53. The van der Waals surface area contributed by atoms with Crippen LogP contribution in [0.3, 0.4) is 0 Å². The average molecular weight is 265 g/mol. The molecule has 0 radical (unpaired) electrons. The molecule has 0 aromatic carbocycles. The monoisotopic (exact) mass is 264 g/mol. The molecule has 2 aromatic rings. The molecule has 0 spiro atoms. The van der Waals surface area contributed by atoms with Crippen LogP contribution >= 0.6 is 11.6 Å². The quantitative estimate of drug-likeness (QED) is 0.796. The normalized spacial score (nSPS) is 10.9. The lowest BCUT2D eigenvalue weighted by Crippen LogP contribution is -1.99. The zero-order valence-electron chi connectivity index (χ0n) is 10.9. The van der Waals surface area contributed by atoms with Gasteiger partial charge in [0.1, 0.15) is 5.15 Å². The lowest BCUT2D eigenvalue weighted by molar-refractivity contribution is 0.603. The molecule has 0 atom stereocenters. The minimum absolute atomic E-state index is 0.545. The van der Waals surface area contributed by atoms with Crippen molar-refractivity contribution in [2.75, 3.05) is 0 Å². The number of aryl methyl sites for hydroxylation is 2. The van der Waals surface area contributed by atoms with Gasteiger partial charge in [0, 0.05) is 24.0 Å². The molecule has 96 valence electrons. The van der Waals surface area contributed by atoms with Crippen molar-refractivity contribution in [2.24, 2.45) is 0 Å². The zero-order valence-corrected chi connectivity index (χ0v) is 11.7. The molecule has 0 saturated carbocycles. The summed E-state index contributed by atoms with van der Waals surface area (Å²) < 4.78 is 1.90. The molecule has 0 bridgehead atoms. The molecule has 2 heterocycles. The molecule has 2 aromatic heterocycles. The lowest BCUT2D eigenvalue weighted by atomic mass is 10.2. The molecular formula is C13H17ClN4. The Kier molecular flexibility index (Phi) is 3.97. The molecule has 0 N–H and O–H groups in total. The first kappa shape index (κ1) is 13.0. The van der Waals surface area contributed by atoms with E-state index in [-0.39, 0.29) is 0 Å². The SMILES string of the molecule is CCCn1cc(-c2nc(C)c(CC)c(Cl)n2)cn1. The molecule has 0 saturated heterocycles. The van der Waals surface area contributed by atoms with Crippen molar-refractivity contribution < 1.29 is 0 Å². The summed E-state index contributed by atoms with van der Waals surface area (Å²) in [6.07, 6.45) is 5.64. The molecule has 0 unspecified atom stereocenters. The van der Waals surface area contributed by atoms with Gasteiger partial charge in [-0.2, -0.15) is 5.10 Å². The molecule has 0 aliphatic carbocycles. The van der Waals surface area contributed by atoms with Crippen LogP contribution in [-0.4, -0.2) is 19.7 Å². The highest BCUT2D eigenvalue weighted by molar-refractivity contribution is 6.30. The molecule has 0 fully saturated rings. The summed E-state index contributed by atoms with van der Waals surface area (Å²) in [7, 11) is 0. The second kappa shape index (κ2) is 5.48. The first-order valence-corrected chi connectivity index (χ1v) is 6.59. The Morgan fingerprint density at radius 2 is 2.06 bits per heavy atom. The van der Waals surface area contributed by atoms with Crippen molar-refractivity contribution in [3.63, 3.8) is 0 Å². The van der Waals surface area contributed by atoms with E-state index in [1.54, 1.807) is 6.20 Å². The minimum Gasteiger partial charge on any atom is -0.272 e. The molecular weight excluding hydrogens is 248 g/mol. The molecule has 0 amide bonds. The van der Waals surface area contributed by atoms with E-state index in [1.165, 1.54) is 0 Å². The standard InChI is InChI=1S/C13H17ClN4/c1-4-6-18-8-10(7-15-18)13-16-9(3)11(5-2)12(14)17-13/h7-8H,4-6H2,1-3H3. The predicted molar refractivity (Wildman–Crippen MR) is 72.7 cm³/mol. The zero-order chi connectivity index (χ0) is 13.1. The molecule has 0 aliphatic heterocycles. The summed E-state index contributed by atoms with van der Waals surface area (Å²) in [5, 5.41) is 4.82. The van der Waals surface area contributed by atoms with Crippen LogP contribution in [0.1, 0.15) is 31.5 Å². The van der Waals surface area contributed by atoms with Gasteiger partial charge in [-0.3, -0.25) is 4.68 Å². The highest BCUT2D eigenvalue weighted by atomic mass is 35.5. The Bertz CT molecular complexity index is 525. The van der Waals surface area contributed by atoms with Crippen LogP contribution in [0.4, 0.5) is 0 Å². The predicted octanol–water partition coefficient (Wildman–Crippen LogP) is 3.27.